The van der Waals surface area contributed by atoms with Crippen LogP contribution in [0.5, 0.6) is 0 Å². The Hall–Kier alpha value is -1.20. The zero-order valence-electron chi connectivity index (χ0n) is 8.75. The second kappa shape index (κ2) is 4.58. The van der Waals surface area contributed by atoms with Crippen LogP contribution in [0.4, 0.5) is 4.39 Å². The number of carbonyl (C=O) groups excluding carboxylic acids is 1. The molecule has 0 unspecified atom stereocenters. The molecular weight excluding hydrogens is 310 g/mol. The first kappa shape index (κ1) is 12.3. The molecule has 0 aliphatic heterocycles. The minimum absolute atomic E-state index is 0.228. The van der Waals surface area contributed by atoms with E-state index < -0.39 is 5.82 Å². The van der Waals surface area contributed by atoms with Crippen LogP contribution in [0, 0.1) is 5.82 Å². The van der Waals surface area contributed by atoms with E-state index >= 15 is 0 Å². The number of carbonyl (C=O) groups is 1. The van der Waals surface area contributed by atoms with Crippen LogP contribution in [-0.4, -0.2) is 16.1 Å². The molecular formula is C11H7BrClFN2O. The van der Waals surface area contributed by atoms with Crippen LogP contribution in [0.25, 0.3) is 11.3 Å². The molecule has 2 rings (SSSR count). The Morgan fingerprint density at radius 3 is 2.88 bits per heavy atom. The number of hydrogen-bond acceptors (Lipinski definition) is 2. The quantitative estimate of drug-likeness (QED) is 0.795. The molecule has 0 saturated heterocycles. The van der Waals surface area contributed by atoms with Gasteiger partial charge in [0.25, 0.3) is 0 Å². The number of aromatic nitrogens is 2. The van der Waals surface area contributed by atoms with E-state index in [9.17, 15) is 9.18 Å². The van der Waals surface area contributed by atoms with Gasteiger partial charge in [0.05, 0.1) is 5.56 Å². The second-order valence-electron chi connectivity index (χ2n) is 3.42. The fourth-order valence-corrected chi connectivity index (χ4v) is 2.11. The molecule has 6 heteroatoms. The van der Waals surface area contributed by atoms with Crippen LogP contribution in [0.1, 0.15) is 10.4 Å². The highest BCUT2D eigenvalue weighted by molar-refractivity contribution is 9.10. The predicted molar refractivity (Wildman–Crippen MR) is 66.7 cm³/mol. The summed E-state index contributed by atoms with van der Waals surface area (Å²) in [7, 11) is 1.62. The van der Waals surface area contributed by atoms with Crippen LogP contribution in [0.2, 0.25) is 5.15 Å². The highest BCUT2D eigenvalue weighted by Crippen LogP contribution is 2.32. The van der Waals surface area contributed by atoms with Gasteiger partial charge in [-0.2, -0.15) is 5.10 Å². The number of aryl methyl sites for hydroxylation is 1. The Balaban J connectivity index is 2.72. The van der Waals surface area contributed by atoms with E-state index in [-0.39, 0.29) is 10.7 Å². The van der Waals surface area contributed by atoms with Crippen molar-refractivity contribution >= 4 is 33.8 Å². The van der Waals surface area contributed by atoms with Gasteiger partial charge in [-0.3, -0.25) is 9.48 Å². The highest BCUT2D eigenvalue weighted by atomic mass is 79.9. The molecule has 0 bridgehead atoms. The van der Waals surface area contributed by atoms with Gasteiger partial charge >= 0.3 is 0 Å². The predicted octanol–water partition coefficient (Wildman–Crippen LogP) is 3.45. The molecule has 2 aromatic rings. The summed E-state index contributed by atoms with van der Waals surface area (Å²) in [5, 5.41) is 4.34. The maximum Gasteiger partial charge on any atom is 0.155 e. The Bertz CT molecular complexity index is 597. The monoisotopic (exact) mass is 316 g/mol. The maximum absolute atomic E-state index is 13.2. The summed E-state index contributed by atoms with van der Waals surface area (Å²) < 4.78 is 15.2. The summed E-state index contributed by atoms with van der Waals surface area (Å²) >= 11 is 9.21. The smallest absolute Gasteiger partial charge is 0.155 e. The largest absolute Gasteiger partial charge is 0.298 e. The molecule has 1 heterocycles. The normalized spacial score (nSPS) is 10.6. The van der Waals surface area contributed by atoms with Crippen LogP contribution < -0.4 is 0 Å². The van der Waals surface area contributed by atoms with Gasteiger partial charge in [0.2, 0.25) is 0 Å². The number of hydrogen-bond donors (Lipinski definition) is 0. The van der Waals surface area contributed by atoms with Crippen molar-refractivity contribution in [3.05, 3.63) is 39.2 Å². The Morgan fingerprint density at radius 2 is 2.24 bits per heavy atom. The lowest BCUT2D eigenvalue weighted by Gasteiger charge is -2.01. The molecule has 0 N–H and O–H groups in total. The first-order valence-corrected chi connectivity index (χ1v) is 5.84. The van der Waals surface area contributed by atoms with Crippen molar-refractivity contribution in [3.63, 3.8) is 0 Å². The Morgan fingerprint density at radius 1 is 1.53 bits per heavy atom. The molecule has 1 aromatic carbocycles. The van der Waals surface area contributed by atoms with Crippen LogP contribution in [0.3, 0.4) is 0 Å². The summed E-state index contributed by atoms with van der Waals surface area (Å²) in [5.74, 6) is -0.401. The lowest BCUT2D eigenvalue weighted by atomic mass is 10.1. The van der Waals surface area contributed by atoms with Crippen molar-refractivity contribution in [3.8, 4) is 11.3 Å². The van der Waals surface area contributed by atoms with Crippen LogP contribution >= 0.6 is 27.5 Å². The lowest BCUT2D eigenvalue weighted by Crippen LogP contribution is -1.90. The Kier molecular flexibility index (Phi) is 3.31. The molecule has 1 aromatic heterocycles. The van der Waals surface area contributed by atoms with E-state index in [0.717, 1.165) is 0 Å². The zero-order valence-corrected chi connectivity index (χ0v) is 11.1. The standard InChI is InChI=1S/C11H7BrClFN2O/c1-16-11(13)8(5-17)10(15-16)7-4-6(14)2-3-9(7)12/h2-5H,1H3. The van der Waals surface area contributed by atoms with E-state index in [1.54, 1.807) is 13.1 Å². The highest BCUT2D eigenvalue weighted by Gasteiger charge is 2.17. The van der Waals surface area contributed by atoms with Gasteiger partial charge in [-0.15, -0.1) is 0 Å². The molecule has 0 aliphatic rings. The molecule has 0 spiro atoms. The van der Waals surface area contributed by atoms with E-state index in [1.807, 2.05) is 0 Å². The number of benzene rings is 1. The van der Waals surface area contributed by atoms with Gasteiger partial charge in [-0.25, -0.2) is 4.39 Å². The number of nitrogens with zero attached hydrogens (tertiary/aromatic N) is 2. The van der Waals surface area contributed by atoms with Gasteiger partial charge in [0.1, 0.15) is 16.7 Å². The van der Waals surface area contributed by atoms with E-state index in [2.05, 4.69) is 21.0 Å². The summed E-state index contributed by atoms with van der Waals surface area (Å²) in [5.41, 5.74) is 1.11. The van der Waals surface area contributed by atoms with Crippen molar-refractivity contribution < 1.29 is 9.18 Å². The first-order valence-electron chi connectivity index (χ1n) is 4.67. The summed E-state index contributed by atoms with van der Waals surface area (Å²) in [6, 6.07) is 4.18. The SMILES string of the molecule is Cn1nc(-c2cc(F)ccc2Br)c(C=O)c1Cl. The van der Waals surface area contributed by atoms with E-state index in [4.69, 9.17) is 11.6 Å². The van der Waals surface area contributed by atoms with Gasteiger partial charge in [-0.1, -0.05) is 27.5 Å². The summed E-state index contributed by atoms with van der Waals surface area (Å²) in [4.78, 5) is 11.0. The average molecular weight is 318 g/mol. The molecule has 0 amide bonds. The van der Waals surface area contributed by atoms with E-state index in [0.29, 0.717) is 22.0 Å². The molecule has 0 fully saturated rings. The topological polar surface area (TPSA) is 34.9 Å². The van der Waals surface area contributed by atoms with Gasteiger partial charge in [-0.05, 0) is 18.2 Å². The second-order valence-corrected chi connectivity index (χ2v) is 4.63. The summed E-state index contributed by atoms with van der Waals surface area (Å²) in [6.07, 6.45) is 0.613. The third-order valence-electron chi connectivity index (χ3n) is 2.31. The zero-order chi connectivity index (χ0) is 12.6. The van der Waals surface area contributed by atoms with Crippen molar-refractivity contribution in [2.24, 2.45) is 7.05 Å². The first-order chi connectivity index (χ1) is 8.04. The minimum Gasteiger partial charge on any atom is -0.298 e. The Labute approximate surface area is 110 Å². The van der Waals surface area contributed by atoms with Crippen molar-refractivity contribution in [1.29, 1.82) is 0 Å². The molecule has 17 heavy (non-hydrogen) atoms. The molecule has 0 aliphatic carbocycles. The molecule has 0 radical (unpaired) electrons. The van der Waals surface area contributed by atoms with Crippen molar-refractivity contribution in [1.82, 2.24) is 9.78 Å². The lowest BCUT2D eigenvalue weighted by molar-refractivity contribution is 0.112. The third kappa shape index (κ3) is 2.12. The van der Waals surface area contributed by atoms with Gasteiger partial charge in [0.15, 0.2) is 6.29 Å². The fraction of sp³-hybridized carbons (Fsp3) is 0.0909. The molecule has 3 nitrogen and oxygen atoms in total. The number of aldehydes is 1. The summed E-state index contributed by atoms with van der Waals surface area (Å²) in [6.45, 7) is 0. The average Bonchev–Trinajstić information content (AvgIpc) is 2.58. The molecule has 88 valence electrons. The third-order valence-corrected chi connectivity index (χ3v) is 3.45. The van der Waals surface area contributed by atoms with Crippen molar-refractivity contribution in [2.75, 3.05) is 0 Å². The van der Waals surface area contributed by atoms with Crippen molar-refractivity contribution in [2.45, 2.75) is 0 Å². The van der Waals surface area contributed by atoms with Gasteiger partial charge in [0, 0.05) is 17.1 Å². The molecule has 0 saturated carbocycles. The molecule has 0 atom stereocenters. The number of halogens is 3. The minimum atomic E-state index is -0.401. The number of rotatable bonds is 2. The van der Waals surface area contributed by atoms with Crippen LogP contribution in [0.15, 0.2) is 22.7 Å². The van der Waals surface area contributed by atoms with E-state index in [1.165, 1.54) is 16.8 Å². The fourth-order valence-electron chi connectivity index (χ4n) is 1.50. The maximum atomic E-state index is 13.2. The van der Waals surface area contributed by atoms with Crippen LogP contribution in [-0.2, 0) is 7.05 Å². The van der Waals surface area contributed by atoms with Gasteiger partial charge < -0.3 is 0 Å².